The average molecular weight is 438 g/mol. The molecule has 1 fully saturated rings. The summed E-state index contributed by atoms with van der Waals surface area (Å²) in [7, 11) is 1.45. The van der Waals surface area contributed by atoms with Gasteiger partial charge in [-0.2, -0.15) is 0 Å². The molecule has 1 heterocycles. The molecule has 29 heavy (non-hydrogen) atoms. The number of nitrogens with zero attached hydrogens (tertiary/aromatic N) is 2. The fraction of sp³-hybridized carbons (Fsp3) is 0.350. The van der Waals surface area contributed by atoms with E-state index in [0.29, 0.717) is 34.6 Å². The number of anilines is 1. The summed E-state index contributed by atoms with van der Waals surface area (Å²) in [5, 5.41) is 15.0. The topological polar surface area (TPSA) is 84.7 Å². The number of amides is 1. The van der Waals surface area contributed by atoms with Crippen molar-refractivity contribution in [2.24, 2.45) is 5.92 Å². The number of hydrogen-bond donors (Lipinski definition) is 1. The van der Waals surface area contributed by atoms with Gasteiger partial charge in [-0.25, -0.2) is 0 Å². The van der Waals surface area contributed by atoms with Crippen molar-refractivity contribution < 1.29 is 14.5 Å². The fourth-order valence-corrected chi connectivity index (χ4v) is 3.91. The molecule has 0 radical (unpaired) electrons. The molecule has 1 aliphatic rings. The number of piperidine rings is 1. The molecule has 7 nitrogen and oxygen atoms in total. The van der Waals surface area contributed by atoms with Gasteiger partial charge in [-0.15, -0.1) is 0 Å². The summed E-state index contributed by atoms with van der Waals surface area (Å²) in [6, 6.07) is 9.52. The van der Waals surface area contributed by atoms with E-state index in [4.69, 9.17) is 27.9 Å². The molecule has 0 spiro atoms. The zero-order chi connectivity index (χ0) is 21.0. The van der Waals surface area contributed by atoms with Crippen LogP contribution in [0.2, 0.25) is 10.0 Å². The molecule has 0 aromatic heterocycles. The summed E-state index contributed by atoms with van der Waals surface area (Å²) in [5.41, 5.74) is 1.14. The number of carbonyl (C=O) groups excluding carboxylic acids is 1. The van der Waals surface area contributed by atoms with Crippen LogP contribution in [0.4, 0.5) is 11.4 Å². The van der Waals surface area contributed by atoms with Gasteiger partial charge in [0.2, 0.25) is 5.91 Å². The van der Waals surface area contributed by atoms with Crippen molar-refractivity contribution in [3.63, 3.8) is 0 Å². The van der Waals surface area contributed by atoms with Gasteiger partial charge in [-0.1, -0.05) is 29.3 Å². The van der Waals surface area contributed by atoms with Gasteiger partial charge in [0.15, 0.2) is 0 Å². The van der Waals surface area contributed by atoms with Gasteiger partial charge in [-0.05, 0) is 43.1 Å². The Labute approximate surface area is 178 Å². The van der Waals surface area contributed by atoms with Crippen molar-refractivity contribution in [2.75, 3.05) is 25.5 Å². The molecule has 154 valence electrons. The predicted molar refractivity (Wildman–Crippen MR) is 113 cm³/mol. The number of methoxy groups -OCH3 is 1. The second-order valence-corrected chi connectivity index (χ2v) is 7.78. The molecule has 1 saturated heterocycles. The summed E-state index contributed by atoms with van der Waals surface area (Å²) >= 11 is 12.2. The Kier molecular flexibility index (Phi) is 6.95. The first-order valence-corrected chi connectivity index (χ1v) is 9.92. The second kappa shape index (κ2) is 9.43. The molecule has 2 aromatic rings. The minimum absolute atomic E-state index is 0.108. The maximum atomic E-state index is 12.8. The minimum atomic E-state index is -0.507. The van der Waals surface area contributed by atoms with Gasteiger partial charge in [0.25, 0.3) is 5.69 Å². The van der Waals surface area contributed by atoms with Crippen LogP contribution in [0.5, 0.6) is 5.75 Å². The van der Waals surface area contributed by atoms with E-state index in [2.05, 4.69) is 10.2 Å². The lowest BCUT2D eigenvalue weighted by Gasteiger charge is -2.32. The fourth-order valence-electron chi connectivity index (χ4n) is 3.45. The molecule has 1 amide bonds. The Morgan fingerprint density at radius 3 is 2.79 bits per heavy atom. The van der Waals surface area contributed by atoms with Crippen LogP contribution < -0.4 is 10.1 Å². The Balaban J connectivity index is 1.68. The van der Waals surface area contributed by atoms with E-state index in [0.717, 1.165) is 24.9 Å². The smallest absolute Gasteiger partial charge is 0.271 e. The first kappa shape index (κ1) is 21.4. The highest BCUT2D eigenvalue weighted by atomic mass is 35.5. The average Bonchev–Trinajstić information content (AvgIpc) is 2.70. The standard InChI is InChI=1S/C20H21Cl2N3O4/c1-29-19-7-6-16(25(27)28)10-18(19)23-20(26)14-3-2-8-24(12-14)11-13-4-5-15(21)9-17(13)22/h4-7,9-10,14H,2-3,8,11-12H2,1H3,(H,23,26). The predicted octanol–water partition coefficient (Wildman–Crippen LogP) is 4.76. The molecule has 1 unspecified atom stereocenters. The van der Waals surface area contributed by atoms with Crippen LogP contribution >= 0.6 is 23.2 Å². The third kappa shape index (κ3) is 5.38. The van der Waals surface area contributed by atoms with Gasteiger partial charge < -0.3 is 10.1 Å². The third-order valence-electron chi connectivity index (χ3n) is 4.94. The lowest BCUT2D eigenvalue weighted by atomic mass is 9.96. The van der Waals surface area contributed by atoms with Gasteiger partial charge in [-0.3, -0.25) is 19.8 Å². The molecule has 1 N–H and O–H groups in total. The normalized spacial score (nSPS) is 17.0. The van der Waals surface area contributed by atoms with Gasteiger partial charge in [0, 0.05) is 35.3 Å². The highest BCUT2D eigenvalue weighted by molar-refractivity contribution is 6.35. The van der Waals surface area contributed by atoms with Crippen molar-refractivity contribution in [3.8, 4) is 5.75 Å². The summed E-state index contributed by atoms with van der Waals surface area (Å²) < 4.78 is 5.22. The number of halogens is 2. The Morgan fingerprint density at radius 2 is 2.10 bits per heavy atom. The number of non-ortho nitro benzene ring substituents is 1. The van der Waals surface area contributed by atoms with E-state index >= 15 is 0 Å². The van der Waals surface area contributed by atoms with Gasteiger partial charge in [0.05, 0.1) is 23.6 Å². The Bertz CT molecular complexity index is 923. The molecule has 9 heteroatoms. The summed E-state index contributed by atoms with van der Waals surface area (Å²) in [4.78, 5) is 25.5. The van der Waals surface area contributed by atoms with Crippen LogP contribution in [0, 0.1) is 16.0 Å². The van der Waals surface area contributed by atoms with Crippen molar-refractivity contribution >= 4 is 40.5 Å². The third-order valence-corrected chi connectivity index (χ3v) is 5.52. The van der Waals surface area contributed by atoms with E-state index in [1.807, 2.05) is 6.07 Å². The molecular weight excluding hydrogens is 417 g/mol. The van der Waals surface area contributed by atoms with E-state index in [1.54, 1.807) is 12.1 Å². The zero-order valence-corrected chi connectivity index (χ0v) is 17.4. The number of nitrogens with one attached hydrogen (secondary N) is 1. The number of likely N-dealkylation sites (tertiary alicyclic amines) is 1. The van der Waals surface area contributed by atoms with Crippen LogP contribution in [0.25, 0.3) is 0 Å². The molecule has 0 bridgehead atoms. The van der Waals surface area contributed by atoms with E-state index in [1.165, 1.54) is 25.3 Å². The second-order valence-electron chi connectivity index (χ2n) is 6.94. The van der Waals surface area contributed by atoms with E-state index in [9.17, 15) is 14.9 Å². The maximum absolute atomic E-state index is 12.8. The molecule has 1 aliphatic heterocycles. The minimum Gasteiger partial charge on any atom is -0.495 e. The van der Waals surface area contributed by atoms with Gasteiger partial charge in [0.1, 0.15) is 5.75 Å². The van der Waals surface area contributed by atoms with Crippen molar-refractivity contribution in [2.45, 2.75) is 19.4 Å². The van der Waals surface area contributed by atoms with Gasteiger partial charge >= 0.3 is 0 Å². The Morgan fingerprint density at radius 1 is 1.31 bits per heavy atom. The monoisotopic (exact) mass is 437 g/mol. The van der Waals surface area contributed by atoms with Crippen LogP contribution in [-0.2, 0) is 11.3 Å². The number of carbonyl (C=O) groups is 1. The van der Waals surface area contributed by atoms with Crippen LogP contribution in [0.3, 0.4) is 0 Å². The van der Waals surface area contributed by atoms with Crippen molar-refractivity contribution in [3.05, 3.63) is 62.1 Å². The summed E-state index contributed by atoms with van der Waals surface area (Å²) in [6.45, 7) is 2.06. The molecular formula is C20H21Cl2N3O4. The lowest BCUT2D eigenvalue weighted by molar-refractivity contribution is -0.384. The molecule has 1 atom stereocenters. The van der Waals surface area contributed by atoms with Crippen LogP contribution in [0.15, 0.2) is 36.4 Å². The SMILES string of the molecule is COc1ccc([N+](=O)[O-])cc1NC(=O)C1CCCN(Cc2ccc(Cl)cc2Cl)C1. The molecule has 0 saturated carbocycles. The quantitative estimate of drug-likeness (QED) is 0.519. The highest BCUT2D eigenvalue weighted by Gasteiger charge is 2.27. The van der Waals surface area contributed by atoms with E-state index in [-0.39, 0.29) is 17.5 Å². The molecule has 3 rings (SSSR count). The number of hydrogen-bond acceptors (Lipinski definition) is 5. The summed E-state index contributed by atoms with van der Waals surface area (Å²) in [6.07, 6.45) is 1.61. The van der Waals surface area contributed by atoms with Crippen molar-refractivity contribution in [1.82, 2.24) is 4.90 Å². The molecule has 0 aliphatic carbocycles. The number of rotatable bonds is 6. The highest BCUT2D eigenvalue weighted by Crippen LogP contribution is 2.30. The van der Waals surface area contributed by atoms with E-state index < -0.39 is 4.92 Å². The number of ether oxygens (including phenoxy) is 1. The largest absolute Gasteiger partial charge is 0.495 e. The number of nitro groups is 1. The lowest BCUT2D eigenvalue weighted by Crippen LogP contribution is -2.40. The Hall–Kier alpha value is -2.35. The first-order chi connectivity index (χ1) is 13.9. The van der Waals surface area contributed by atoms with Crippen molar-refractivity contribution in [1.29, 1.82) is 0 Å². The van der Waals surface area contributed by atoms with Crippen LogP contribution in [0.1, 0.15) is 18.4 Å². The summed E-state index contributed by atoms with van der Waals surface area (Å²) in [5.74, 6) is -0.0425. The zero-order valence-electron chi connectivity index (χ0n) is 15.9. The maximum Gasteiger partial charge on any atom is 0.271 e. The number of nitro benzene ring substituents is 1. The molecule has 2 aromatic carbocycles. The van der Waals surface area contributed by atoms with Crippen LogP contribution in [-0.4, -0.2) is 35.9 Å². The number of benzene rings is 2. The first-order valence-electron chi connectivity index (χ1n) is 9.17.